The van der Waals surface area contributed by atoms with Crippen LogP contribution in [0.15, 0.2) is 29.3 Å². The zero-order valence-electron chi connectivity index (χ0n) is 9.18. The lowest BCUT2D eigenvalue weighted by atomic mass is 10.0. The van der Waals surface area contributed by atoms with Gasteiger partial charge in [-0.25, -0.2) is 4.99 Å². The van der Waals surface area contributed by atoms with Crippen molar-refractivity contribution in [3.8, 4) is 0 Å². The van der Waals surface area contributed by atoms with Gasteiger partial charge in [0.15, 0.2) is 5.17 Å². The minimum Gasteiger partial charge on any atom is -0.283 e. The summed E-state index contributed by atoms with van der Waals surface area (Å²) >= 11 is 1.55. The molecule has 1 aromatic rings. The van der Waals surface area contributed by atoms with Crippen LogP contribution in [0.2, 0.25) is 0 Å². The molecule has 3 rings (SSSR count). The first-order valence-electron chi connectivity index (χ1n) is 5.36. The van der Waals surface area contributed by atoms with Gasteiger partial charge in [0.2, 0.25) is 5.91 Å². The summed E-state index contributed by atoms with van der Waals surface area (Å²) in [6.07, 6.45) is 0. The van der Waals surface area contributed by atoms with Gasteiger partial charge in [-0.1, -0.05) is 30.0 Å². The molecule has 16 heavy (non-hydrogen) atoms. The van der Waals surface area contributed by atoms with Gasteiger partial charge in [-0.05, 0) is 19.9 Å². The fraction of sp³-hybridized carbons (Fsp3) is 0.333. The number of carbonyl (C=O) groups excluding carboxylic acids is 1. The van der Waals surface area contributed by atoms with Gasteiger partial charge in [-0.2, -0.15) is 0 Å². The Morgan fingerprint density at radius 2 is 2.06 bits per heavy atom. The maximum absolute atomic E-state index is 12.0. The van der Waals surface area contributed by atoms with Crippen LogP contribution >= 0.6 is 11.8 Å². The van der Waals surface area contributed by atoms with E-state index in [1.807, 2.05) is 36.1 Å². The van der Waals surface area contributed by atoms with Gasteiger partial charge in [0.1, 0.15) is 0 Å². The number of hydrogen-bond acceptors (Lipinski definition) is 3. The molecule has 0 bridgehead atoms. The average Bonchev–Trinajstić information content (AvgIpc) is 2.55. The molecular weight excluding hydrogens is 220 g/mol. The number of carbonyl (C=O) groups is 1. The van der Waals surface area contributed by atoms with Crippen LogP contribution in [0, 0.1) is 0 Å². The maximum atomic E-state index is 12.0. The minimum atomic E-state index is -0.00416. The second-order valence-corrected chi connectivity index (χ2v) is 5.41. The number of benzene rings is 1. The number of amides is 1. The summed E-state index contributed by atoms with van der Waals surface area (Å²) in [7, 11) is 0. The second-order valence-electron chi connectivity index (χ2n) is 4.10. The van der Waals surface area contributed by atoms with Crippen LogP contribution in [0.1, 0.15) is 25.5 Å². The van der Waals surface area contributed by atoms with Crippen molar-refractivity contribution in [3.05, 3.63) is 29.8 Å². The standard InChI is InChI=1S/C12H12N2OS/c1-7-9-5-3-4-6-10(9)13-12-14(7)11(15)8(2)16-12/h3-8H,1-2H3. The van der Waals surface area contributed by atoms with Gasteiger partial charge in [0, 0.05) is 5.56 Å². The normalized spacial score (nSPS) is 27.5. The molecule has 0 aliphatic carbocycles. The van der Waals surface area contributed by atoms with Crippen LogP contribution in [0.5, 0.6) is 0 Å². The van der Waals surface area contributed by atoms with Crippen molar-refractivity contribution in [1.82, 2.24) is 4.90 Å². The predicted octanol–water partition coefficient (Wildman–Crippen LogP) is 2.71. The number of rotatable bonds is 0. The van der Waals surface area contributed by atoms with Crippen molar-refractivity contribution in [2.24, 2.45) is 4.99 Å². The largest absolute Gasteiger partial charge is 0.283 e. The Morgan fingerprint density at radius 1 is 1.31 bits per heavy atom. The van der Waals surface area contributed by atoms with Crippen LogP contribution in [-0.2, 0) is 4.79 Å². The molecule has 82 valence electrons. The minimum absolute atomic E-state index is 0.00416. The molecule has 4 heteroatoms. The molecule has 2 aliphatic rings. The van der Waals surface area contributed by atoms with Crippen LogP contribution in [0.4, 0.5) is 5.69 Å². The highest BCUT2D eigenvalue weighted by molar-refractivity contribution is 8.15. The molecule has 0 spiro atoms. The zero-order chi connectivity index (χ0) is 11.3. The molecule has 3 nitrogen and oxygen atoms in total. The fourth-order valence-corrected chi connectivity index (χ4v) is 3.22. The van der Waals surface area contributed by atoms with Gasteiger partial charge in [-0.3, -0.25) is 9.69 Å². The average molecular weight is 232 g/mol. The highest BCUT2D eigenvalue weighted by atomic mass is 32.2. The van der Waals surface area contributed by atoms with Crippen molar-refractivity contribution in [2.45, 2.75) is 25.1 Å². The molecule has 2 atom stereocenters. The summed E-state index contributed by atoms with van der Waals surface area (Å²) in [6.45, 7) is 4.00. The Balaban J connectivity index is 2.14. The van der Waals surface area contributed by atoms with E-state index in [2.05, 4.69) is 11.9 Å². The summed E-state index contributed by atoms with van der Waals surface area (Å²) in [5.74, 6) is 0.172. The first kappa shape index (κ1) is 9.90. The van der Waals surface area contributed by atoms with E-state index in [-0.39, 0.29) is 17.2 Å². The van der Waals surface area contributed by atoms with Crippen molar-refractivity contribution in [1.29, 1.82) is 0 Å². The van der Waals surface area contributed by atoms with E-state index in [0.29, 0.717) is 0 Å². The van der Waals surface area contributed by atoms with Crippen molar-refractivity contribution >= 4 is 28.5 Å². The third kappa shape index (κ3) is 1.23. The molecule has 1 saturated heterocycles. The van der Waals surface area contributed by atoms with E-state index in [1.165, 1.54) is 0 Å². The first-order chi connectivity index (χ1) is 7.68. The summed E-state index contributed by atoms with van der Waals surface area (Å²) in [6, 6.07) is 8.13. The number of fused-ring (bicyclic) bond motifs is 2. The van der Waals surface area contributed by atoms with E-state index in [0.717, 1.165) is 16.4 Å². The van der Waals surface area contributed by atoms with Gasteiger partial charge < -0.3 is 0 Å². The first-order valence-corrected chi connectivity index (χ1v) is 6.24. The topological polar surface area (TPSA) is 32.7 Å². The summed E-state index contributed by atoms with van der Waals surface area (Å²) in [5, 5.41) is 0.846. The van der Waals surface area contributed by atoms with Gasteiger partial charge in [0.05, 0.1) is 17.0 Å². The Bertz CT molecular complexity index is 498. The van der Waals surface area contributed by atoms with E-state index in [9.17, 15) is 4.79 Å². The molecule has 0 aromatic heterocycles. The lowest BCUT2D eigenvalue weighted by Crippen LogP contribution is -2.35. The van der Waals surface area contributed by atoms with E-state index in [1.54, 1.807) is 11.8 Å². The zero-order valence-corrected chi connectivity index (χ0v) is 9.99. The number of nitrogens with zero attached hydrogens (tertiary/aromatic N) is 2. The molecule has 1 fully saturated rings. The van der Waals surface area contributed by atoms with Gasteiger partial charge in [0.25, 0.3) is 0 Å². The predicted molar refractivity (Wildman–Crippen MR) is 65.9 cm³/mol. The van der Waals surface area contributed by atoms with Gasteiger partial charge >= 0.3 is 0 Å². The molecule has 1 amide bonds. The van der Waals surface area contributed by atoms with Crippen molar-refractivity contribution in [2.75, 3.05) is 0 Å². The summed E-state index contributed by atoms with van der Waals surface area (Å²) < 4.78 is 0. The van der Waals surface area contributed by atoms with Crippen LogP contribution in [0.3, 0.4) is 0 Å². The van der Waals surface area contributed by atoms with E-state index in [4.69, 9.17) is 0 Å². The van der Waals surface area contributed by atoms with E-state index >= 15 is 0 Å². The fourth-order valence-electron chi connectivity index (χ4n) is 2.18. The number of para-hydroxylation sites is 1. The molecule has 2 heterocycles. The molecule has 0 radical (unpaired) electrons. The third-order valence-corrected chi connectivity index (χ3v) is 4.12. The summed E-state index contributed by atoms with van der Waals surface area (Å²) in [5.41, 5.74) is 2.13. The highest BCUT2D eigenvalue weighted by Crippen LogP contribution is 2.42. The molecule has 2 aliphatic heterocycles. The number of amidine groups is 1. The maximum Gasteiger partial charge on any atom is 0.242 e. The molecule has 1 aromatic carbocycles. The van der Waals surface area contributed by atoms with Crippen LogP contribution < -0.4 is 0 Å². The van der Waals surface area contributed by atoms with E-state index < -0.39 is 0 Å². The molecule has 2 unspecified atom stereocenters. The quantitative estimate of drug-likeness (QED) is 0.689. The SMILES string of the molecule is CC1SC2=Nc3ccccc3C(C)N2C1=O. The van der Waals surface area contributed by atoms with Crippen LogP contribution in [0.25, 0.3) is 0 Å². The highest BCUT2D eigenvalue weighted by Gasteiger charge is 2.41. The Morgan fingerprint density at radius 3 is 2.88 bits per heavy atom. The van der Waals surface area contributed by atoms with Crippen LogP contribution in [-0.4, -0.2) is 21.2 Å². The smallest absolute Gasteiger partial charge is 0.242 e. The summed E-state index contributed by atoms with van der Waals surface area (Å²) in [4.78, 5) is 18.3. The second kappa shape index (κ2) is 3.35. The lowest BCUT2D eigenvalue weighted by molar-refractivity contribution is -0.127. The Kier molecular flexibility index (Phi) is 2.07. The monoisotopic (exact) mass is 232 g/mol. The lowest BCUT2D eigenvalue weighted by Gasteiger charge is -2.29. The third-order valence-electron chi connectivity index (χ3n) is 3.06. The molecule has 0 N–H and O–H groups in total. The van der Waals surface area contributed by atoms with Gasteiger partial charge in [-0.15, -0.1) is 0 Å². The molecule has 0 saturated carbocycles. The Hall–Kier alpha value is -1.29. The number of hydrogen-bond donors (Lipinski definition) is 0. The molecular formula is C12H12N2OS. The van der Waals surface area contributed by atoms with Crippen molar-refractivity contribution in [3.63, 3.8) is 0 Å². The van der Waals surface area contributed by atoms with Crippen molar-refractivity contribution < 1.29 is 4.79 Å². The Labute approximate surface area is 98.5 Å². The number of thioether (sulfide) groups is 1. The number of aliphatic imine (C=N–C) groups is 1.